The lowest BCUT2D eigenvalue weighted by Gasteiger charge is -2.16. The summed E-state index contributed by atoms with van der Waals surface area (Å²) in [4.78, 5) is 0. The lowest BCUT2D eigenvalue weighted by Crippen LogP contribution is -2.14. The molecule has 0 aromatic rings. The molecule has 0 bridgehead atoms. The summed E-state index contributed by atoms with van der Waals surface area (Å²) in [5, 5.41) is 19.1. The molecule has 2 N–H and O–H groups in total. The van der Waals surface area contributed by atoms with Crippen molar-refractivity contribution in [3.8, 4) is 0 Å². The average Bonchev–Trinajstić information content (AvgIpc) is 3.25. The van der Waals surface area contributed by atoms with Crippen LogP contribution in [-0.2, 0) is 4.74 Å². The van der Waals surface area contributed by atoms with E-state index in [9.17, 15) is 10.2 Å². The van der Waals surface area contributed by atoms with Crippen LogP contribution in [0, 0.1) is 5.41 Å². The third-order valence-corrected chi connectivity index (χ3v) is 4.95. The van der Waals surface area contributed by atoms with Crippen molar-refractivity contribution in [1.82, 2.24) is 0 Å². The predicted molar refractivity (Wildman–Crippen MR) is 71.4 cm³/mol. The number of hydrogen-bond acceptors (Lipinski definition) is 3. The van der Waals surface area contributed by atoms with Crippen LogP contribution in [0.25, 0.3) is 0 Å². The van der Waals surface area contributed by atoms with Crippen LogP contribution in [0.1, 0.15) is 64.2 Å². The molecule has 2 aliphatic rings. The molecule has 106 valence electrons. The predicted octanol–water partition coefficient (Wildman–Crippen LogP) is 2.64. The molecular formula is C15H28O3. The molecule has 1 atom stereocenters. The second-order valence-electron chi connectivity index (χ2n) is 6.48. The first-order valence-corrected chi connectivity index (χ1v) is 7.48. The topological polar surface area (TPSA) is 49.7 Å². The maximum atomic E-state index is 9.93. The third kappa shape index (κ3) is 3.94. The number of hydrogen-bond donors (Lipinski definition) is 2. The van der Waals surface area contributed by atoms with Crippen LogP contribution < -0.4 is 0 Å². The molecular weight excluding hydrogens is 228 g/mol. The van der Waals surface area contributed by atoms with Gasteiger partial charge in [-0.3, -0.25) is 0 Å². The minimum Gasteiger partial charge on any atom is -0.396 e. The second-order valence-corrected chi connectivity index (χ2v) is 6.48. The number of ether oxygens (including phenoxy) is 1. The van der Waals surface area contributed by atoms with Crippen LogP contribution in [-0.4, -0.2) is 35.6 Å². The fourth-order valence-corrected chi connectivity index (χ4v) is 2.88. The van der Waals surface area contributed by atoms with Crippen LogP contribution in [0.15, 0.2) is 0 Å². The molecule has 3 heteroatoms. The maximum absolute atomic E-state index is 9.93. The van der Waals surface area contributed by atoms with Crippen LogP contribution in [0.3, 0.4) is 0 Å². The second kappa shape index (κ2) is 5.89. The number of rotatable bonds is 10. The van der Waals surface area contributed by atoms with Gasteiger partial charge in [-0.05, 0) is 63.2 Å². The molecule has 3 nitrogen and oxygen atoms in total. The van der Waals surface area contributed by atoms with Gasteiger partial charge in [0.25, 0.3) is 0 Å². The van der Waals surface area contributed by atoms with Crippen molar-refractivity contribution in [1.29, 1.82) is 0 Å². The Morgan fingerprint density at radius 3 is 2.11 bits per heavy atom. The summed E-state index contributed by atoms with van der Waals surface area (Å²) in [7, 11) is 1.80. The standard InChI is InChI=1S/C15H28O3/c1-18-15(10-11-15)7-3-5-13(17)4-2-6-14(12-16)8-9-14/h13,16-17H,2-12H2,1H3. The first-order valence-electron chi connectivity index (χ1n) is 7.48. The largest absolute Gasteiger partial charge is 0.396 e. The van der Waals surface area contributed by atoms with Gasteiger partial charge in [0.2, 0.25) is 0 Å². The monoisotopic (exact) mass is 256 g/mol. The van der Waals surface area contributed by atoms with Crippen molar-refractivity contribution in [2.45, 2.75) is 75.9 Å². The summed E-state index contributed by atoms with van der Waals surface area (Å²) >= 11 is 0. The van der Waals surface area contributed by atoms with E-state index in [0.717, 1.165) is 38.5 Å². The zero-order valence-corrected chi connectivity index (χ0v) is 11.7. The number of aliphatic hydroxyl groups is 2. The zero-order valence-electron chi connectivity index (χ0n) is 11.7. The van der Waals surface area contributed by atoms with Crippen molar-refractivity contribution in [3.63, 3.8) is 0 Å². The average molecular weight is 256 g/mol. The molecule has 2 saturated carbocycles. The molecule has 0 aromatic carbocycles. The van der Waals surface area contributed by atoms with Crippen molar-refractivity contribution in [2.24, 2.45) is 5.41 Å². The highest BCUT2D eigenvalue weighted by Crippen LogP contribution is 2.49. The first kappa shape index (κ1) is 14.3. The van der Waals surface area contributed by atoms with Gasteiger partial charge in [-0.1, -0.05) is 6.42 Å². The quantitative estimate of drug-likeness (QED) is 0.632. The molecule has 0 heterocycles. The van der Waals surface area contributed by atoms with Gasteiger partial charge < -0.3 is 14.9 Å². The van der Waals surface area contributed by atoms with Gasteiger partial charge in [0.1, 0.15) is 0 Å². The Kier molecular flexibility index (Phi) is 4.68. The highest BCUT2D eigenvalue weighted by Gasteiger charge is 2.42. The van der Waals surface area contributed by atoms with E-state index in [1.165, 1.54) is 25.7 Å². The molecule has 2 aliphatic carbocycles. The fourth-order valence-electron chi connectivity index (χ4n) is 2.88. The van der Waals surface area contributed by atoms with Crippen LogP contribution >= 0.6 is 0 Å². The summed E-state index contributed by atoms with van der Waals surface area (Å²) in [6.07, 6.45) is 10.7. The Labute approximate surface area is 111 Å². The van der Waals surface area contributed by atoms with E-state index in [4.69, 9.17) is 4.74 Å². The lowest BCUT2D eigenvalue weighted by atomic mass is 9.97. The maximum Gasteiger partial charge on any atom is 0.0681 e. The third-order valence-electron chi connectivity index (χ3n) is 4.95. The van der Waals surface area contributed by atoms with Gasteiger partial charge in [-0.15, -0.1) is 0 Å². The van der Waals surface area contributed by atoms with Gasteiger partial charge in [0, 0.05) is 13.7 Å². The lowest BCUT2D eigenvalue weighted by molar-refractivity contribution is 0.0641. The summed E-state index contributed by atoms with van der Waals surface area (Å²) in [5.41, 5.74) is 0.419. The van der Waals surface area contributed by atoms with Crippen molar-refractivity contribution < 1.29 is 14.9 Å². The SMILES string of the molecule is COC1(CCCC(O)CCCC2(CO)CC2)CC1. The van der Waals surface area contributed by atoms with Gasteiger partial charge in [0.05, 0.1) is 11.7 Å². The highest BCUT2D eigenvalue weighted by atomic mass is 16.5. The van der Waals surface area contributed by atoms with Gasteiger partial charge >= 0.3 is 0 Å². The van der Waals surface area contributed by atoms with Crippen LogP contribution in [0.5, 0.6) is 0 Å². The van der Waals surface area contributed by atoms with Crippen molar-refractivity contribution in [3.05, 3.63) is 0 Å². The molecule has 2 rings (SSSR count). The first-order chi connectivity index (χ1) is 8.64. The normalized spacial score (nSPS) is 24.8. The molecule has 1 unspecified atom stereocenters. The van der Waals surface area contributed by atoms with E-state index < -0.39 is 0 Å². The van der Waals surface area contributed by atoms with E-state index in [0.29, 0.717) is 6.61 Å². The summed E-state index contributed by atoms with van der Waals surface area (Å²) in [6.45, 7) is 0.333. The summed E-state index contributed by atoms with van der Waals surface area (Å²) < 4.78 is 5.47. The zero-order chi connectivity index (χ0) is 13.1. The molecule has 0 amide bonds. The summed E-state index contributed by atoms with van der Waals surface area (Å²) in [6, 6.07) is 0. The van der Waals surface area contributed by atoms with Crippen molar-refractivity contribution in [2.75, 3.05) is 13.7 Å². The van der Waals surface area contributed by atoms with Gasteiger partial charge in [-0.25, -0.2) is 0 Å². The number of methoxy groups -OCH3 is 1. The molecule has 0 aromatic heterocycles. The molecule has 0 saturated heterocycles. The van der Waals surface area contributed by atoms with Crippen LogP contribution in [0.4, 0.5) is 0 Å². The smallest absolute Gasteiger partial charge is 0.0681 e. The molecule has 0 aliphatic heterocycles. The molecule has 18 heavy (non-hydrogen) atoms. The van der Waals surface area contributed by atoms with Crippen molar-refractivity contribution >= 4 is 0 Å². The minimum absolute atomic E-state index is 0.160. The van der Waals surface area contributed by atoms with E-state index in [2.05, 4.69) is 0 Å². The highest BCUT2D eigenvalue weighted by molar-refractivity contribution is 4.95. The Morgan fingerprint density at radius 1 is 1.06 bits per heavy atom. The summed E-state index contributed by atoms with van der Waals surface area (Å²) in [5.74, 6) is 0. The van der Waals surface area contributed by atoms with E-state index in [1.807, 2.05) is 0 Å². The Morgan fingerprint density at radius 2 is 1.67 bits per heavy atom. The van der Waals surface area contributed by atoms with Gasteiger partial charge in [0.15, 0.2) is 0 Å². The fraction of sp³-hybridized carbons (Fsp3) is 1.00. The van der Waals surface area contributed by atoms with Crippen LogP contribution in [0.2, 0.25) is 0 Å². The molecule has 0 radical (unpaired) electrons. The molecule has 0 spiro atoms. The Hall–Kier alpha value is -0.120. The molecule has 2 fully saturated rings. The van der Waals surface area contributed by atoms with E-state index in [1.54, 1.807) is 7.11 Å². The minimum atomic E-state index is -0.160. The van der Waals surface area contributed by atoms with Gasteiger partial charge in [-0.2, -0.15) is 0 Å². The Balaban J connectivity index is 1.49. The Bertz CT molecular complexity index is 230. The number of aliphatic hydroxyl groups excluding tert-OH is 2. The van der Waals surface area contributed by atoms with E-state index >= 15 is 0 Å². The van der Waals surface area contributed by atoms with E-state index in [-0.39, 0.29) is 17.1 Å².